The molecule has 0 radical (unpaired) electrons. The molecule has 0 fully saturated rings. The predicted molar refractivity (Wildman–Crippen MR) is 98.6 cm³/mol. The van der Waals surface area contributed by atoms with Crippen molar-refractivity contribution in [3.05, 3.63) is 46.5 Å². The van der Waals surface area contributed by atoms with E-state index in [4.69, 9.17) is 28.9 Å². The molecule has 2 rings (SSSR count). The Labute approximate surface area is 150 Å². The number of guanidine groups is 1. The van der Waals surface area contributed by atoms with Crippen molar-refractivity contribution in [1.29, 1.82) is 0 Å². The summed E-state index contributed by atoms with van der Waals surface area (Å²) in [5.41, 5.74) is 6.94. The zero-order valence-corrected chi connectivity index (χ0v) is 14.9. The third kappa shape index (κ3) is 6.72. The van der Waals surface area contributed by atoms with Gasteiger partial charge in [-0.15, -0.1) is 11.8 Å². The standard InChI is InChI=1S/C15H19Cl2N5S/c16-13-4-3-12(8-14(13)17)23-7-6-21-15(18)20-5-1-2-11-9-19-10-22-11/h3-4,8-10H,1-2,5-7H2,(H,19,22)(H3,18,20,21). The van der Waals surface area contributed by atoms with Crippen LogP contribution in [-0.4, -0.2) is 34.8 Å². The second-order valence-corrected chi connectivity index (χ2v) is 6.78. The molecule has 1 aromatic carbocycles. The summed E-state index contributed by atoms with van der Waals surface area (Å²) in [7, 11) is 0. The van der Waals surface area contributed by atoms with E-state index in [0.29, 0.717) is 22.5 Å². The summed E-state index contributed by atoms with van der Waals surface area (Å²) in [6, 6.07) is 5.61. The highest BCUT2D eigenvalue weighted by Gasteiger charge is 2.00. The van der Waals surface area contributed by atoms with Crippen LogP contribution in [0.5, 0.6) is 0 Å². The van der Waals surface area contributed by atoms with Gasteiger partial charge < -0.3 is 16.0 Å². The van der Waals surface area contributed by atoms with Crippen LogP contribution in [0.4, 0.5) is 0 Å². The van der Waals surface area contributed by atoms with Gasteiger partial charge >= 0.3 is 0 Å². The zero-order valence-electron chi connectivity index (χ0n) is 12.6. The Bertz CT molecular complexity index is 631. The van der Waals surface area contributed by atoms with Crippen molar-refractivity contribution >= 4 is 40.9 Å². The third-order valence-electron chi connectivity index (χ3n) is 3.01. The number of aromatic nitrogens is 2. The van der Waals surface area contributed by atoms with E-state index in [1.165, 1.54) is 0 Å². The van der Waals surface area contributed by atoms with E-state index in [-0.39, 0.29) is 0 Å². The maximum Gasteiger partial charge on any atom is 0.188 e. The first-order valence-corrected chi connectivity index (χ1v) is 8.98. The van der Waals surface area contributed by atoms with Gasteiger partial charge in [-0.2, -0.15) is 0 Å². The number of rotatable bonds is 8. The first kappa shape index (κ1) is 18.0. The highest BCUT2D eigenvalue weighted by Crippen LogP contribution is 2.27. The van der Waals surface area contributed by atoms with E-state index in [1.807, 2.05) is 18.3 Å². The second kappa shape index (κ2) is 9.70. The quantitative estimate of drug-likeness (QED) is 0.287. The Hall–Kier alpha value is -1.37. The number of nitrogens with zero attached hydrogens (tertiary/aromatic N) is 2. The SMILES string of the molecule is NC(=NCCCc1cnc[nH]1)NCCSc1ccc(Cl)c(Cl)c1. The number of H-pyrrole nitrogens is 1. The van der Waals surface area contributed by atoms with Gasteiger partial charge in [-0.1, -0.05) is 23.2 Å². The molecule has 1 heterocycles. The van der Waals surface area contributed by atoms with Gasteiger partial charge in [-0.3, -0.25) is 4.99 Å². The van der Waals surface area contributed by atoms with Crippen molar-refractivity contribution in [3.8, 4) is 0 Å². The van der Waals surface area contributed by atoms with Gasteiger partial charge in [0, 0.05) is 35.6 Å². The molecular weight excluding hydrogens is 353 g/mol. The Morgan fingerprint density at radius 2 is 2.22 bits per heavy atom. The van der Waals surface area contributed by atoms with Crippen LogP contribution in [-0.2, 0) is 6.42 Å². The first-order valence-electron chi connectivity index (χ1n) is 7.24. The van der Waals surface area contributed by atoms with E-state index >= 15 is 0 Å². The molecule has 0 bridgehead atoms. The number of imidazole rings is 1. The summed E-state index contributed by atoms with van der Waals surface area (Å²) in [6.45, 7) is 1.43. The second-order valence-electron chi connectivity index (χ2n) is 4.80. The lowest BCUT2D eigenvalue weighted by Crippen LogP contribution is -2.33. The highest BCUT2D eigenvalue weighted by atomic mass is 35.5. The number of nitrogens with one attached hydrogen (secondary N) is 2. The van der Waals surface area contributed by atoms with Crippen molar-refractivity contribution < 1.29 is 0 Å². The molecule has 5 nitrogen and oxygen atoms in total. The Balaban J connectivity index is 1.59. The number of thioether (sulfide) groups is 1. The summed E-state index contributed by atoms with van der Waals surface area (Å²) in [5, 5.41) is 4.24. The van der Waals surface area contributed by atoms with E-state index in [9.17, 15) is 0 Å². The number of hydrogen-bond acceptors (Lipinski definition) is 3. The average Bonchev–Trinajstić information content (AvgIpc) is 3.05. The maximum absolute atomic E-state index is 5.98. The highest BCUT2D eigenvalue weighted by molar-refractivity contribution is 7.99. The Kier molecular flexibility index (Phi) is 7.58. The molecule has 4 N–H and O–H groups in total. The summed E-state index contributed by atoms with van der Waals surface area (Å²) in [5.74, 6) is 1.34. The molecule has 2 aromatic rings. The molecule has 1 aromatic heterocycles. The van der Waals surface area contributed by atoms with Crippen LogP contribution in [0.2, 0.25) is 10.0 Å². The number of aliphatic imine (C=N–C) groups is 1. The van der Waals surface area contributed by atoms with Gasteiger partial charge in [0.25, 0.3) is 0 Å². The minimum absolute atomic E-state index is 0.476. The fraction of sp³-hybridized carbons (Fsp3) is 0.333. The predicted octanol–water partition coefficient (Wildman–Crippen LogP) is 3.35. The lowest BCUT2D eigenvalue weighted by Gasteiger charge is -2.06. The molecule has 0 aliphatic rings. The van der Waals surface area contributed by atoms with E-state index < -0.39 is 0 Å². The number of aromatic amines is 1. The number of hydrogen-bond donors (Lipinski definition) is 3. The van der Waals surface area contributed by atoms with E-state index in [0.717, 1.165) is 35.7 Å². The lowest BCUT2D eigenvalue weighted by molar-refractivity contribution is 0.806. The minimum atomic E-state index is 0.476. The van der Waals surface area contributed by atoms with Crippen LogP contribution in [0.25, 0.3) is 0 Å². The molecule has 124 valence electrons. The number of nitrogens with two attached hydrogens (primary N) is 1. The van der Waals surface area contributed by atoms with Gasteiger partial charge in [0.2, 0.25) is 0 Å². The lowest BCUT2D eigenvalue weighted by atomic mass is 10.2. The smallest absolute Gasteiger partial charge is 0.188 e. The molecule has 8 heteroatoms. The van der Waals surface area contributed by atoms with Crippen LogP contribution in [0, 0.1) is 0 Å². The average molecular weight is 372 g/mol. The van der Waals surface area contributed by atoms with Crippen molar-refractivity contribution in [2.24, 2.45) is 10.7 Å². The van der Waals surface area contributed by atoms with Crippen molar-refractivity contribution in [3.63, 3.8) is 0 Å². The third-order valence-corrected chi connectivity index (χ3v) is 4.74. The van der Waals surface area contributed by atoms with Gasteiger partial charge in [0.05, 0.1) is 16.4 Å². The maximum atomic E-state index is 5.98. The summed E-state index contributed by atoms with van der Waals surface area (Å²) >= 11 is 13.5. The monoisotopic (exact) mass is 371 g/mol. The first-order chi connectivity index (χ1) is 11.1. The molecule has 23 heavy (non-hydrogen) atoms. The van der Waals surface area contributed by atoms with Gasteiger partial charge in [0.15, 0.2) is 5.96 Å². The number of aryl methyl sites for hydroxylation is 1. The largest absolute Gasteiger partial charge is 0.370 e. The molecule has 0 unspecified atom stereocenters. The number of halogens is 2. The molecular formula is C15H19Cl2N5S. The summed E-state index contributed by atoms with van der Waals surface area (Å²) in [6.07, 6.45) is 5.36. The van der Waals surface area contributed by atoms with Crippen LogP contribution in [0.15, 0.2) is 40.6 Å². The van der Waals surface area contributed by atoms with E-state index in [1.54, 1.807) is 24.2 Å². The van der Waals surface area contributed by atoms with Crippen LogP contribution in [0.3, 0.4) is 0 Å². The van der Waals surface area contributed by atoms with Crippen LogP contribution < -0.4 is 11.1 Å². The normalized spacial score (nSPS) is 11.7. The van der Waals surface area contributed by atoms with Crippen molar-refractivity contribution in [1.82, 2.24) is 15.3 Å². The Morgan fingerprint density at radius 1 is 1.35 bits per heavy atom. The van der Waals surface area contributed by atoms with E-state index in [2.05, 4.69) is 20.3 Å². The molecule has 0 atom stereocenters. The zero-order chi connectivity index (χ0) is 16.5. The molecule has 0 spiro atoms. The topological polar surface area (TPSA) is 79.1 Å². The number of benzene rings is 1. The van der Waals surface area contributed by atoms with Crippen LogP contribution >= 0.6 is 35.0 Å². The van der Waals surface area contributed by atoms with Crippen molar-refractivity contribution in [2.75, 3.05) is 18.8 Å². The summed E-state index contributed by atoms with van der Waals surface area (Å²) < 4.78 is 0. The van der Waals surface area contributed by atoms with Crippen LogP contribution in [0.1, 0.15) is 12.1 Å². The van der Waals surface area contributed by atoms with Crippen molar-refractivity contribution in [2.45, 2.75) is 17.7 Å². The van der Waals surface area contributed by atoms with Gasteiger partial charge in [-0.05, 0) is 31.0 Å². The van der Waals surface area contributed by atoms with Gasteiger partial charge in [0.1, 0.15) is 0 Å². The fourth-order valence-corrected chi connectivity index (χ4v) is 3.03. The fourth-order valence-electron chi connectivity index (χ4n) is 1.86. The molecule has 0 aliphatic heterocycles. The molecule has 0 saturated carbocycles. The summed E-state index contributed by atoms with van der Waals surface area (Å²) in [4.78, 5) is 12.4. The van der Waals surface area contributed by atoms with Gasteiger partial charge in [-0.25, -0.2) is 4.98 Å². The molecule has 0 aliphatic carbocycles. The Morgan fingerprint density at radius 3 is 2.96 bits per heavy atom. The molecule has 0 saturated heterocycles. The minimum Gasteiger partial charge on any atom is -0.370 e. The molecule has 0 amide bonds.